The van der Waals surface area contributed by atoms with Gasteiger partial charge < -0.3 is 9.64 Å². The number of halogens is 1. The van der Waals surface area contributed by atoms with Gasteiger partial charge in [0.15, 0.2) is 0 Å². The van der Waals surface area contributed by atoms with Crippen LogP contribution in [0.4, 0.5) is 0 Å². The van der Waals surface area contributed by atoms with Crippen LogP contribution >= 0.6 is 23.4 Å². The maximum absolute atomic E-state index is 13.0. The minimum Gasteiger partial charge on any atom is -0.469 e. The first-order valence-corrected chi connectivity index (χ1v) is 10.1. The lowest BCUT2D eigenvalue weighted by atomic mass is 9.86. The highest BCUT2D eigenvalue weighted by Gasteiger charge is 2.36. The summed E-state index contributed by atoms with van der Waals surface area (Å²) in [6.45, 7) is 4.99. The number of piperidine rings is 1. The molecule has 1 aromatic carbocycles. The number of nitrogens with zero attached hydrogens (tertiary/aromatic N) is 1. The number of carbonyl (C=O) groups excluding carboxylic acids is 2. The van der Waals surface area contributed by atoms with Crippen LogP contribution in [0.5, 0.6) is 0 Å². The Morgan fingerprint density at radius 2 is 2.00 bits per heavy atom. The number of thioether (sulfide) groups is 1. The number of hydrogen-bond donors (Lipinski definition) is 0. The molecule has 4 nitrogen and oxygen atoms in total. The summed E-state index contributed by atoms with van der Waals surface area (Å²) in [5.41, 5.74) is 1.10. The van der Waals surface area contributed by atoms with Gasteiger partial charge in [0.1, 0.15) is 0 Å². The molecule has 1 amide bonds. The van der Waals surface area contributed by atoms with Gasteiger partial charge in [-0.05, 0) is 35.8 Å². The van der Waals surface area contributed by atoms with Crippen molar-refractivity contribution in [2.24, 2.45) is 5.92 Å². The van der Waals surface area contributed by atoms with Gasteiger partial charge in [0.05, 0.1) is 19.6 Å². The van der Waals surface area contributed by atoms with Gasteiger partial charge in [-0.3, -0.25) is 9.59 Å². The minimum atomic E-state index is -0.320. The zero-order valence-electron chi connectivity index (χ0n) is 15.0. The van der Waals surface area contributed by atoms with Crippen molar-refractivity contribution in [3.05, 3.63) is 34.9 Å². The fourth-order valence-electron chi connectivity index (χ4n) is 3.18. The molecule has 1 fully saturated rings. The van der Waals surface area contributed by atoms with Crippen molar-refractivity contribution < 1.29 is 14.3 Å². The van der Waals surface area contributed by atoms with E-state index in [2.05, 4.69) is 13.8 Å². The molecule has 0 saturated carbocycles. The predicted octanol–water partition coefficient (Wildman–Crippen LogP) is 4.32. The monoisotopic (exact) mass is 383 g/mol. The first-order valence-electron chi connectivity index (χ1n) is 8.66. The number of benzene rings is 1. The molecule has 0 aromatic heterocycles. The Hall–Kier alpha value is -1.20. The largest absolute Gasteiger partial charge is 0.469 e. The average Bonchev–Trinajstić information content (AvgIpc) is 2.58. The van der Waals surface area contributed by atoms with Gasteiger partial charge in [-0.25, -0.2) is 0 Å². The summed E-state index contributed by atoms with van der Waals surface area (Å²) < 4.78 is 4.75. The summed E-state index contributed by atoms with van der Waals surface area (Å²) in [6.07, 6.45) is 1.72. The molecule has 0 aliphatic carbocycles. The lowest BCUT2D eigenvalue weighted by molar-refractivity contribution is -0.150. The zero-order chi connectivity index (χ0) is 18.4. The Balaban J connectivity index is 2.15. The second kappa shape index (κ2) is 9.48. The van der Waals surface area contributed by atoms with Crippen LogP contribution in [0, 0.1) is 5.92 Å². The van der Waals surface area contributed by atoms with E-state index in [9.17, 15) is 9.59 Å². The van der Waals surface area contributed by atoms with Crippen molar-refractivity contribution in [3.8, 4) is 0 Å². The molecule has 1 aliphatic heterocycles. The van der Waals surface area contributed by atoms with Crippen LogP contribution in [0.15, 0.2) is 24.3 Å². The molecule has 0 bridgehead atoms. The summed E-state index contributed by atoms with van der Waals surface area (Å²) in [4.78, 5) is 26.5. The predicted molar refractivity (Wildman–Crippen MR) is 103 cm³/mol. The number of amides is 1. The molecule has 2 atom stereocenters. The highest BCUT2D eigenvalue weighted by molar-refractivity contribution is 7.99. The maximum atomic E-state index is 13.0. The van der Waals surface area contributed by atoms with Crippen LogP contribution in [0.1, 0.15) is 44.7 Å². The van der Waals surface area contributed by atoms with E-state index >= 15 is 0 Å². The lowest BCUT2D eigenvalue weighted by Crippen LogP contribution is -2.45. The first kappa shape index (κ1) is 20.1. The van der Waals surface area contributed by atoms with Gasteiger partial charge >= 0.3 is 5.97 Å². The van der Waals surface area contributed by atoms with Gasteiger partial charge in [0.25, 0.3) is 0 Å². The summed E-state index contributed by atoms with van der Waals surface area (Å²) in [5.74, 6) is 0.346. The van der Waals surface area contributed by atoms with Gasteiger partial charge in [0.2, 0.25) is 5.91 Å². The van der Waals surface area contributed by atoms with Crippen LogP contribution in [-0.4, -0.2) is 41.4 Å². The summed E-state index contributed by atoms with van der Waals surface area (Å²) in [5, 5.41) is 1.22. The lowest BCUT2D eigenvalue weighted by Gasteiger charge is -2.39. The van der Waals surface area contributed by atoms with E-state index in [0.717, 1.165) is 17.7 Å². The quantitative estimate of drug-likeness (QED) is 0.657. The van der Waals surface area contributed by atoms with Crippen molar-refractivity contribution in [1.82, 2.24) is 4.90 Å². The highest BCUT2D eigenvalue weighted by atomic mass is 35.5. The zero-order valence-corrected chi connectivity index (χ0v) is 16.6. The van der Waals surface area contributed by atoms with Crippen LogP contribution in [-0.2, 0) is 14.3 Å². The third-order valence-electron chi connectivity index (χ3n) is 4.48. The molecule has 2 unspecified atom stereocenters. The van der Waals surface area contributed by atoms with Gasteiger partial charge in [-0.1, -0.05) is 37.6 Å². The molecule has 1 aliphatic rings. The maximum Gasteiger partial charge on any atom is 0.306 e. The molecular weight excluding hydrogens is 358 g/mol. The van der Waals surface area contributed by atoms with Crippen LogP contribution in [0.3, 0.4) is 0 Å². The number of esters is 1. The third-order valence-corrected chi connectivity index (χ3v) is 5.81. The normalized spacial score (nSPS) is 20.8. The van der Waals surface area contributed by atoms with E-state index < -0.39 is 0 Å². The second-order valence-electron chi connectivity index (χ2n) is 6.57. The number of ether oxygens (including phenoxy) is 1. The first-order chi connectivity index (χ1) is 11.9. The SMILES string of the molecule is COC(=O)CC1CCC(c2ccc(Cl)cc2)N(CCSC(C)C)C1=O. The van der Waals surface area contributed by atoms with Crippen LogP contribution in [0.25, 0.3) is 0 Å². The standard InChI is InChI=1S/C19H26ClNO3S/c1-13(2)25-11-10-21-17(14-4-7-16(20)8-5-14)9-6-15(19(21)23)12-18(22)24-3/h4-5,7-8,13,15,17H,6,9-12H2,1-3H3. The van der Waals surface area contributed by atoms with E-state index in [1.807, 2.05) is 40.9 Å². The van der Waals surface area contributed by atoms with Crippen molar-refractivity contribution >= 4 is 35.2 Å². The van der Waals surface area contributed by atoms with E-state index in [-0.39, 0.29) is 30.3 Å². The van der Waals surface area contributed by atoms with E-state index in [4.69, 9.17) is 16.3 Å². The van der Waals surface area contributed by atoms with Gasteiger partial charge in [-0.15, -0.1) is 0 Å². The van der Waals surface area contributed by atoms with E-state index in [1.165, 1.54) is 7.11 Å². The Morgan fingerprint density at radius 1 is 1.32 bits per heavy atom. The van der Waals surface area contributed by atoms with E-state index in [0.29, 0.717) is 23.2 Å². The van der Waals surface area contributed by atoms with E-state index in [1.54, 1.807) is 0 Å². The van der Waals surface area contributed by atoms with Crippen molar-refractivity contribution in [1.29, 1.82) is 0 Å². The number of likely N-dealkylation sites (tertiary alicyclic amines) is 1. The molecule has 0 N–H and O–H groups in total. The molecule has 0 radical (unpaired) electrons. The van der Waals surface area contributed by atoms with Crippen molar-refractivity contribution in [3.63, 3.8) is 0 Å². The Morgan fingerprint density at radius 3 is 2.60 bits per heavy atom. The molecule has 25 heavy (non-hydrogen) atoms. The Labute approximate surface area is 159 Å². The topological polar surface area (TPSA) is 46.6 Å². The van der Waals surface area contributed by atoms with Gasteiger partial charge in [0, 0.05) is 23.2 Å². The molecule has 1 heterocycles. The molecule has 1 aromatic rings. The summed E-state index contributed by atoms with van der Waals surface area (Å²) in [7, 11) is 1.36. The fraction of sp³-hybridized carbons (Fsp3) is 0.579. The average molecular weight is 384 g/mol. The number of methoxy groups -OCH3 is 1. The van der Waals surface area contributed by atoms with Crippen molar-refractivity contribution in [2.75, 3.05) is 19.4 Å². The van der Waals surface area contributed by atoms with Crippen LogP contribution < -0.4 is 0 Å². The smallest absolute Gasteiger partial charge is 0.306 e. The highest BCUT2D eigenvalue weighted by Crippen LogP contribution is 2.36. The van der Waals surface area contributed by atoms with Gasteiger partial charge in [-0.2, -0.15) is 11.8 Å². The van der Waals surface area contributed by atoms with Crippen LogP contribution in [0.2, 0.25) is 5.02 Å². The number of carbonyl (C=O) groups is 2. The Kier molecular flexibility index (Phi) is 7.63. The fourth-order valence-corrected chi connectivity index (χ4v) is 4.08. The summed E-state index contributed by atoms with van der Waals surface area (Å²) >= 11 is 7.83. The number of rotatable bonds is 7. The molecule has 6 heteroatoms. The van der Waals surface area contributed by atoms with Crippen molar-refractivity contribution in [2.45, 2.75) is 44.4 Å². The molecule has 138 valence electrons. The Bertz CT molecular complexity index is 591. The summed E-state index contributed by atoms with van der Waals surface area (Å²) in [6, 6.07) is 7.75. The molecule has 2 rings (SSSR count). The molecule has 1 saturated heterocycles. The third kappa shape index (κ3) is 5.65. The molecular formula is C19H26ClNO3S. The molecule has 0 spiro atoms. The minimum absolute atomic E-state index is 0.0476. The second-order valence-corrected chi connectivity index (χ2v) is 8.69. The number of hydrogen-bond acceptors (Lipinski definition) is 4.